The maximum Gasteiger partial charge on any atom is 0.244 e. The number of carbonyl (C=O) groups is 2. The van der Waals surface area contributed by atoms with E-state index in [0.717, 1.165) is 4.31 Å². The van der Waals surface area contributed by atoms with Gasteiger partial charge in [-0.05, 0) is 20.8 Å². The topological polar surface area (TPSA) is 83.6 Å². The van der Waals surface area contributed by atoms with Crippen LogP contribution in [0.2, 0.25) is 0 Å². The number of rotatable bonds is 2. The van der Waals surface area contributed by atoms with Gasteiger partial charge in [-0.15, -0.1) is 0 Å². The zero-order chi connectivity index (χ0) is 11.8. The Balaban J connectivity index is 3.04. The molecule has 1 rings (SSSR count). The fourth-order valence-corrected chi connectivity index (χ4v) is 2.65. The lowest BCUT2D eigenvalue weighted by Crippen LogP contribution is -2.59. The van der Waals surface area contributed by atoms with Crippen molar-refractivity contribution in [1.29, 1.82) is 0 Å². The zero-order valence-electron chi connectivity index (χ0n) is 8.85. The van der Waals surface area contributed by atoms with Crippen molar-refractivity contribution >= 4 is 21.8 Å². The van der Waals surface area contributed by atoms with Crippen molar-refractivity contribution in [2.75, 3.05) is 6.54 Å². The normalized spacial score (nSPS) is 24.4. The summed E-state index contributed by atoms with van der Waals surface area (Å²) in [6, 6.07) is -0.824. The molecule has 1 N–H and O–H groups in total. The van der Waals surface area contributed by atoms with Gasteiger partial charge in [0.2, 0.25) is 21.8 Å². The van der Waals surface area contributed by atoms with E-state index in [4.69, 9.17) is 0 Å². The lowest BCUT2D eigenvalue weighted by Gasteiger charge is -2.31. The summed E-state index contributed by atoms with van der Waals surface area (Å²) in [4.78, 5) is 22.3. The molecule has 0 bridgehead atoms. The van der Waals surface area contributed by atoms with Crippen LogP contribution in [0.25, 0.3) is 0 Å². The minimum Gasteiger partial charge on any atom is -0.294 e. The number of piperazine rings is 1. The first kappa shape index (κ1) is 12.1. The molecule has 2 amide bonds. The number of imide groups is 1. The Kier molecular flexibility index (Phi) is 3.15. The quantitative estimate of drug-likeness (QED) is 0.626. The lowest BCUT2D eigenvalue weighted by molar-refractivity contribution is -0.136. The first-order valence-corrected chi connectivity index (χ1v) is 6.11. The van der Waals surface area contributed by atoms with Gasteiger partial charge in [0, 0.05) is 0 Å². The van der Waals surface area contributed by atoms with E-state index >= 15 is 0 Å². The van der Waals surface area contributed by atoms with Crippen LogP contribution < -0.4 is 5.32 Å². The minimum atomic E-state index is -3.56. The second-order valence-electron chi connectivity index (χ2n) is 3.73. The van der Waals surface area contributed by atoms with E-state index < -0.39 is 33.1 Å². The molecular formula is C8H14N2O4S. The number of hydrogen-bond donors (Lipinski definition) is 1. The van der Waals surface area contributed by atoms with Crippen LogP contribution in [0.5, 0.6) is 0 Å². The van der Waals surface area contributed by atoms with Crippen LogP contribution in [0, 0.1) is 0 Å². The summed E-state index contributed by atoms with van der Waals surface area (Å²) in [6.07, 6.45) is 0. The number of nitrogens with one attached hydrogen (secondary N) is 1. The molecular weight excluding hydrogens is 220 g/mol. The SMILES string of the molecule is CC1C(=O)NC(=O)CN1S(=O)(=O)C(C)C. The molecule has 1 saturated heterocycles. The van der Waals surface area contributed by atoms with E-state index in [1.807, 2.05) is 0 Å². The molecule has 1 heterocycles. The molecule has 0 aromatic carbocycles. The summed E-state index contributed by atoms with van der Waals surface area (Å²) < 4.78 is 24.5. The van der Waals surface area contributed by atoms with Crippen molar-refractivity contribution in [3.63, 3.8) is 0 Å². The van der Waals surface area contributed by atoms with Crippen molar-refractivity contribution in [2.24, 2.45) is 0 Å². The number of nitrogens with zero attached hydrogens (tertiary/aromatic N) is 1. The van der Waals surface area contributed by atoms with E-state index in [-0.39, 0.29) is 6.54 Å². The van der Waals surface area contributed by atoms with Gasteiger partial charge >= 0.3 is 0 Å². The Labute approximate surface area is 88.7 Å². The van der Waals surface area contributed by atoms with Gasteiger partial charge in [-0.1, -0.05) is 0 Å². The standard InChI is InChI=1S/C8H14N2O4S/c1-5(2)15(13,14)10-4-7(11)9-8(12)6(10)3/h5-6H,4H2,1-3H3,(H,9,11,12). The lowest BCUT2D eigenvalue weighted by atomic mass is 10.2. The molecule has 0 saturated carbocycles. The van der Waals surface area contributed by atoms with Gasteiger partial charge < -0.3 is 0 Å². The average molecular weight is 234 g/mol. The largest absolute Gasteiger partial charge is 0.294 e. The molecule has 15 heavy (non-hydrogen) atoms. The number of hydrogen-bond acceptors (Lipinski definition) is 4. The highest BCUT2D eigenvalue weighted by molar-refractivity contribution is 7.89. The fourth-order valence-electron chi connectivity index (χ4n) is 1.27. The molecule has 1 aliphatic heterocycles. The molecule has 1 unspecified atom stereocenters. The Hall–Kier alpha value is -0.950. The number of carbonyl (C=O) groups excluding carboxylic acids is 2. The Bertz CT molecular complexity index is 387. The molecule has 0 spiro atoms. The molecule has 0 aliphatic carbocycles. The maximum atomic E-state index is 11.8. The van der Waals surface area contributed by atoms with Gasteiger partial charge in [-0.2, -0.15) is 4.31 Å². The zero-order valence-corrected chi connectivity index (χ0v) is 9.67. The van der Waals surface area contributed by atoms with Crippen LogP contribution in [0.4, 0.5) is 0 Å². The van der Waals surface area contributed by atoms with E-state index in [9.17, 15) is 18.0 Å². The first-order chi connectivity index (χ1) is 6.76. The third-order valence-electron chi connectivity index (χ3n) is 2.30. The summed E-state index contributed by atoms with van der Waals surface area (Å²) in [6.45, 7) is 4.20. The van der Waals surface area contributed by atoms with E-state index in [1.54, 1.807) is 0 Å². The summed E-state index contributed by atoms with van der Waals surface area (Å²) >= 11 is 0. The van der Waals surface area contributed by atoms with Crippen LogP contribution >= 0.6 is 0 Å². The van der Waals surface area contributed by atoms with Crippen molar-refractivity contribution < 1.29 is 18.0 Å². The second kappa shape index (κ2) is 3.90. The van der Waals surface area contributed by atoms with Gasteiger partial charge in [0.25, 0.3) is 0 Å². The number of amides is 2. The fraction of sp³-hybridized carbons (Fsp3) is 0.750. The molecule has 86 valence electrons. The Morgan fingerprint density at radius 3 is 2.40 bits per heavy atom. The van der Waals surface area contributed by atoms with E-state index in [1.165, 1.54) is 20.8 Å². The van der Waals surface area contributed by atoms with Crippen molar-refractivity contribution in [2.45, 2.75) is 32.1 Å². The van der Waals surface area contributed by atoms with Crippen molar-refractivity contribution in [1.82, 2.24) is 9.62 Å². The Morgan fingerprint density at radius 1 is 1.40 bits per heavy atom. The van der Waals surface area contributed by atoms with E-state index in [0.29, 0.717) is 0 Å². The molecule has 1 fully saturated rings. The third-order valence-corrected chi connectivity index (χ3v) is 4.59. The van der Waals surface area contributed by atoms with Crippen LogP contribution in [-0.4, -0.2) is 42.4 Å². The second-order valence-corrected chi connectivity index (χ2v) is 6.17. The molecule has 6 nitrogen and oxygen atoms in total. The van der Waals surface area contributed by atoms with Gasteiger partial charge in [-0.25, -0.2) is 8.42 Å². The van der Waals surface area contributed by atoms with Crippen LogP contribution in [0.3, 0.4) is 0 Å². The predicted molar refractivity (Wildman–Crippen MR) is 53.4 cm³/mol. The smallest absolute Gasteiger partial charge is 0.244 e. The monoisotopic (exact) mass is 234 g/mol. The summed E-state index contributed by atoms with van der Waals surface area (Å²) in [5, 5.41) is 1.45. The minimum absolute atomic E-state index is 0.284. The molecule has 0 aromatic rings. The molecule has 1 atom stereocenters. The third kappa shape index (κ3) is 2.18. The predicted octanol–water partition coefficient (Wildman–Crippen LogP) is -0.928. The molecule has 7 heteroatoms. The van der Waals surface area contributed by atoms with Crippen LogP contribution in [-0.2, 0) is 19.6 Å². The van der Waals surface area contributed by atoms with Crippen LogP contribution in [0.15, 0.2) is 0 Å². The maximum absolute atomic E-state index is 11.8. The highest BCUT2D eigenvalue weighted by Crippen LogP contribution is 2.15. The van der Waals surface area contributed by atoms with Crippen LogP contribution in [0.1, 0.15) is 20.8 Å². The highest BCUT2D eigenvalue weighted by atomic mass is 32.2. The van der Waals surface area contributed by atoms with Crippen molar-refractivity contribution in [3.05, 3.63) is 0 Å². The number of sulfonamides is 1. The molecule has 0 radical (unpaired) electrons. The van der Waals surface area contributed by atoms with Gasteiger partial charge in [0.15, 0.2) is 0 Å². The van der Waals surface area contributed by atoms with E-state index in [2.05, 4.69) is 5.32 Å². The summed E-state index contributed by atoms with van der Waals surface area (Å²) in [7, 11) is -3.56. The summed E-state index contributed by atoms with van der Waals surface area (Å²) in [5.74, 6) is -1.15. The van der Waals surface area contributed by atoms with Crippen molar-refractivity contribution in [3.8, 4) is 0 Å². The molecule has 1 aliphatic rings. The first-order valence-electron chi connectivity index (χ1n) is 4.61. The van der Waals surface area contributed by atoms with Gasteiger partial charge in [0.05, 0.1) is 11.8 Å². The highest BCUT2D eigenvalue weighted by Gasteiger charge is 2.39. The Morgan fingerprint density at radius 2 is 1.93 bits per heavy atom. The summed E-state index contributed by atoms with van der Waals surface area (Å²) in [5.41, 5.74) is 0. The van der Waals surface area contributed by atoms with Gasteiger partial charge in [-0.3, -0.25) is 14.9 Å². The van der Waals surface area contributed by atoms with Gasteiger partial charge in [0.1, 0.15) is 6.04 Å². The molecule has 0 aromatic heterocycles. The average Bonchev–Trinajstić information content (AvgIpc) is 2.10.